The van der Waals surface area contributed by atoms with Gasteiger partial charge in [-0.3, -0.25) is 4.79 Å². The smallest absolute Gasteiger partial charge is 0.266 e. The number of carbonyl (C=O) groups is 1. The van der Waals surface area contributed by atoms with Crippen LogP contribution in [-0.4, -0.2) is 5.91 Å². The average molecular weight is 423 g/mol. The Hall–Kier alpha value is -3.26. The number of hydrogen-bond acceptors (Lipinski definition) is 3. The summed E-state index contributed by atoms with van der Waals surface area (Å²) in [4.78, 5) is 12.4. The van der Waals surface area contributed by atoms with Crippen molar-refractivity contribution < 1.29 is 9.53 Å². The minimum absolute atomic E-state index is 0.0327. The molecule has 4 nitrogen and oxygen atoms in total. The summed E-state index contributed by atoms with van der Waals surface area (Å²) in [6.07, 6.45) is 1.50. The van der Waals surface area contributed by atoms with Gasteiger partial charge in [0.1, 0.15) is 24.0 Å². The average Bonchev–Trinajstić information content (AvgIpc) is 2.74. The Balaban J connectivity index is 1.67. The van der Waals surface area contributed by atoms with Gasteiger partial charge in [0, 0.05) is 10.6 Å². The maximum Gasteiger partial charge on any atom is 0.266 e. The molecule has 0 aliphatic heterocycles. The van der Waals surface area contributed by atoms with E-state index in [1.54, 1.807) is 48.5 Å². The molecule has 0 heterocycles. The molecule has 1 N–H and O–H groups in total. The molecule has 3 aromatic rings. The van der Waals surface area contributed by atoms with E-state index in [9.17, 15) is 10.1 Å². The monoisotopic (exact) mass is 422 g/mol. The summed E-state index contributed by atoms with van der Waals surface area (Å²) >= 11 is 12.2. The highest BCUT2D eigenvalue weighted by molar-refractivity contribution is 6.34. The third-order valence-electron chi connectivity index (χ3n) is 4.03. The van der Waals surface area contributed by atoms with Crippen molar-refractivity contribution >= 4 is 40.9 Å². The Morgan fingerprint density at radius 1 is 0.966 bits per heavy atom. The molecule has 0 aliphatic carbocycles. The van der Waals surface area contributed by atoms with Gasteiger partial charge in [-0.2, -0.15) is 5.26 Å². The van der Waals surface area contributed by atoms with Gasteiger partial charge in [-0.15, -0.1) is 0 Å². The Labute approximate surface area is 179 Å². The first kappa shape index (κ1) is 20.5. The first-order valence-corrected chi connectivity index (χ1v) is 9.46. The highest BCUT2D eigenvalue weighted by Crippen LogP contribution is 2.22. The van der Waals surface area contributed by atoms with E-state index in [1.807, 2.05) is 30.3 Å². The molecule has 1 amide bonds. The Kier molecular flexibility index (Phi) is 6.91. The summed E-state index contributed by atoms with van der Waals surface area (Å²) < 4.78 is 5.73. The zero-order valence-electron chi connectivity index (χ0n) is 15.2. The van der Waals surface area contributed by atoms with E-state index < -0.39 is 5.91 Å². The number of benzene rings is 3. The Bertz CT molecular complexity index is 1090. The van der Waals surface area contributed by atoms with Crippen LogP contribution in [0, 0.1) is 11.3 Å². The third-order valence-corrected chi connectivity index (χ3v) is 4.73. The molecule has 3 aromatic carbocycles. The van der Waals surface area contributed by atoms with E-state index in [0.717, 1.165) is 5.56 Å². The molecule has 0 unspecified atom stereocenters. The van der Waals surface area contributed by atoms with Crippen LogP contribution in [0.4, 0.5) is 5.69 Å². The molecule has 0 fully saturated rings. The van der Waals surface area contributed by atoms with Crippen molar-refractivity contribution in [1.29, 1.82) is 5.26 Å². The van der Waals surface area contributed by atoms with Crippen molar-refractivity contribution in [2.45, 2.75) is 6.61 Å². The van der Waals surface area contributed by atoms with Crippen molar-refractivity contribution in [3.8, 4) is 11.8 Å². The number of anilines is 1. The zero-order valence-corrected chi connectivity index (χ0v) is 16.7. The second-order valence-electron chi connectivity index (χ2n) is 6.05. The molecule has 0 radical (unpaired) electrons. The number of hydrogen-bond donors (Lipinski definition) is 1. The van der Waals surface area contributed by atoms with E-state index in [4.69, 9.17) is 27.9 Å². The number of ether oxygens (including phenoxy) is 1. The molecule has 144 valence electrons. The van der Waals surface area contributed by atoms with Crippen LogP contribution in [0.5, 0.6) is 5.75 Å². The van der Waals surface area contributed by atoms with Crippen molar-refractivity contribution in [2.24, 2.45) is 0 Å². The molecule has 0 spiro atoms. The molecular weight excluding hydrogens is 407 g/mol. The lowest BCUT2D eigenvalue weighted by Crippen LogP contribution is -2.13. The largest absolute Gasteiger partial charge is 0.489 e. The fourth-order valence-electron chi connectivity index (χ4n) is 2.50. The van der Waals surface area contributed by atoms with Gasteiger partial charge >= 0.3 is 0 Å². The highest BCUT2D eigenvalue weighted by atomic mass is 35.5. The van der Waals surface area contributed by atoms with E-state index >= 15 is 0 Å². The van der Waals surface area contributed by atoms with Gasteiger partial charge in [-0.25, -0.2) is 0 Å². The topological polar surface area (TPSA) is 62.1 Å². The predicted molar refractivity (Wildman–Crippen MR) is 116 cm³/mol. The van der Waals surface area contributed by atoms with Gasteiger partial charge in [0.25, 0.3) is 5.91 Å². The molecule has 3 rings (SSSR count). The lowest BCUT2D eigenvalue weighted by atomic mass is 10.1. The number of nitrogens with zero attached hydrogens (tertiary/aromatic N) is 1. The molecule has 29 heavy (non-hydrogen) atoms. The summed E-state index contributed by atoms with van der Waals surface area (Å²) in [7, 11) is 0. The fourth-order valence-corrected chi connectivity index (χ4v) is 2.88. The molecule has 0 saturated carbocycles. The van der Waals surface area contributed by atoms with Crippen molar-refractivity contribution in [3.63, 3.8) is 0 Å². The van der Waals surface area contributed by atoms with Crippen LogP contribution in [0.15, 0.2) is 78.4 Å². The van der Waals surface area contributed by atoms with E-state index in [2.05, 4.69) is 5.32 Å². The molecule has 0 aliphatic rings. The van der Waals surface area contributed by atoms with Gasteiger partial charge in [0.15, 0.2) is 0 Å². The van der Waals surface area contributed by atoms with Gasteiger partial charge in [-0.1, -0.05) is 65.7 Å². The molecular formula is C23H16Cl2N2O2. The second kappa shape index (κ2) is 9.79. The lowest BCUT2D eigenvalue weighted by molar-refractivity contribution is -0.112. The zero-order chi connectivity index (χ0) is 20.6. The summed E-state index contributed by atoms with van der Waals surface area (Å²) in [5.41, 5.74) is 2.00. The van der Waals surface area contributed by atoms with E-state index in [0.29, 0.717) is 33.7 Å². The Morgan fingerprint density at radius 3 is 2.28 bits per heavy atom. The molecule has 0 bridgehead atoms. The number of carbonyl (C=O) groups excluding carboxylic acids is 1. The number of nitrogens with one attached hydrogen (secondary N) is 1. The summed E-state index contributed by atoms with van der Waals surface area (Å²) in [6, 6.07) is 23.3. The van der Waals surface area contributed by atoms with Gasteiger partial charge in [-0.05, 0) is 42.0 Å². The molecule has 0 saturated heterocycles. The predicted octanol–water partition coefficient (Wildman–Crippen LogP) is 6.12. The normalized spacial score (nSPS) is 10.9. The van der Waals surface area contributed by atoms with Crippen molar-refractivity contribution in [2.75, 3.05) is 5.32 Å². The van der Waals surface area contributed by atoms with Crippen LogP contribution < -0.4 is 10.1 Å². The summed E-state index contributed by atoms with van der Waals surface area (Å²) in [5, 5.41) is 13.0. The number of nitriles is 1. The standard InChI is InChI=1S/C23H16Cl2N2O2/c24-20-6-2-1-5-17(20)15-29-19-11-9-16(10-12-19)13-18(14-26)23(28)27-22-8-4-3-7-21(22)25/h1-13H,15H2,(H,27,28)/b18-13+. The maximum absolute atomic E-state index is 12.4. The molecule has 0 atom stereocenters. The number of halogens is 2. The third kappa shape index (κ3) is 5.61. The van der Waals surface area contributed by atoms with Crippen LogP contribution in [0.1, 0.15) is 11.1 Å². The second-order valence-corrected chi connectivity index (χ2v) is 6.87. The first-order chi connectivity index (χ1) is 14.1. The summed E-state index contributed by atoms with van der Waals surface area (Å²) in [5.74, 6) is 0.126. The van der Waals surface area contributed by atoms with Crippen LogP contribution >= 0.6 is 23.2 Å². The van der Waals surface area contributed by atoms with E-state index in [-0.39, 0.29) is 5.57 Å². The maximum atomic E-state index is 12.4. The SMILES string of the molecule is N#C/C(=C\c1ccc(OCc2ccccc2Cl)cc1)C(=O)Nc1ccccc1Cl. The number of amides is 1. The summed E-state index contributed by atoms with van der Waals surface area (Å²) in [6.45, 7) is 0.346. The van der Waals surface area contributed by atoms with Crippen LogP contribution in [0.25, 0.3) is 6.08 Å². The van der Waals surface area contributed by atoms with Crippen LogP contribution in [0.3, 0.4) is 0 Å². The van der Waals surface area contributed by atoms with Gasteiger partial charge in [0.05, 0.1) is 10.7 Å². The van der Waals surface area contributed by atoms with Crippen LogP contribution in [0.2, 0.25) is 10.0 Å². The molecule has 6 heteroatoms. The first-order valence-electron chi connectivity index (χ1n) is 8.71. The minimum Gasteiger partial charge on any atom is -0.489 e. The lowest BCUT2D eigenvalue weighted by Gasteiger charge is -2.08. The van der Waals surface area contributed by atoms with Crippen molar-refractivity contribution in [3.05, 3.63) is 99.5 Å². The molecule has 0 aromatic heterocycles. The van der Waals surface area contributed by atoms with Gasteiger partial charge in [0.2, 0.25) is 0 Å². The van der Waals surface area contributed by atoms with Crippen molar-refractivity contribution in [1.82, 2.24) is 0 Å². The fraction of sp³-hybridized carbons (Fsp3) is 0.0435. The minimum atomic E-state index is -0.528. The quantitative estimate of drug-likeness (QED) is 0.384. The number of para-hydroxylation sites is 1. The van der Waals surface area contributed by atoms with E-state index in [1.165, 1.54) is 6.08 Å². The Morgan fingerprint density at radius 2 is 1.62 bits per heavy atom. The van der Waals surface area contributed by atoms with Gasteiger partial charge < -0.3 is 10.1 Å². The van der Waals surface area contributed by atoms with Crippen LogP contribution in [-0.2, 0) is 11.4 Å². The number of rotatable bonds is 6. The highest BCUT2D eigenvalue weighted by Gasteiger charge is 2.11.